The van der Waals surface area contributed by atoms with Crippen molar-refractivity contribution in [3.63, 3.8) is 0 Å². The van der Waals surface area contributed by atoms with E-state index in [4.69, 9.17) is 13.9 Å². The summed E-state index contributed by atoms with van der Waals surface area (Å²) in [4.78, 5) is 12.4. The zero-order chi connectivity index (χ0) is 19.1. The van der Waals surface area contributed by atoms with Crippen molar-refractivity contribution >= 4 is 11.6 Å². The van der Waals surface area contributed by atoms with Crippen molar-refractivity contribution in [1.29, 1.82) is 0 Å². The van der Waals surface area contributed by atoms with Gasteiger partial charge in [0.15, 0.2) is 5.76 Å². The van der Waals surface area contributed by atoms with E-state index in [0.29, 0.717) is 29.6 Å². The predicted molar refractivity (Wildman–Crippen MR) is 99.6 cm³/mol. The highest BCUT2D eigenvalue weighted by Crippen LogP contribution is 2.25. The molecule has 27 heavy (non-hydrogen) atoms. The average molecular weight is 369 g/mol. The summed E-state index contributed by atoms with van der Waals surface area (Å²) in [6, 6.07) is 16.2. The van der Waals surface area contributed by atoms with E-state index in [9.17, 15) is 9.18 Å². The number of hydrogen-bond donors (Lipinski definition) is 1. The second-order valence-corrected chi connectivity index (χ2v) is 5.81. The van der Waals surface area contributed by atoms with Gasteiger partial charge in [-0.2, -0.15) is 0 Å². The van der Waals surface area contributed by atoms with Crippen molar-refractivity contribution < 1.29 is 23.1 Å². The maximum absolute atomic E-state index is 12.9. The first-order valence-corrected chi connectivity index (χ1v) is 8.66. The van der Waals surface area contributed by atoms with Gasteiger partial charge in [0, 0.05) is 0 Å². The van der Waals surface area contributed by atoms with E-state index in [1.165, 1.54) is 24.3 Å². The van der Waals surface area contributed by atoms with Gasteiger partial charge < -0.3 is 19.2 Å². The fourth-order valence-electron chi connectivity index (χ4n) is 2.35. The van der Waals surface area contributed by atoms with E-state index < -0.39 is 0 Å². The number of rotatable bonds is 8. The number of carbonyl (C=O) groups excluding carboxylic acids is 1. The Hall–Kier alpha value is -3.28. The number of hydrogen-bond acceptors (Lipinski definition) is 4. The summed E-state index contributed by atoms with van der Waals surface area (Å²) in [5, 5.41) is 2.79. The largest absolute Gasteiger partial charge is 0.491 e. The van der Waals surface area contributed by atoms with Gasteiger partial charge in [-0.1, -0.05) is 19.1 Å². The molecule has 0 bridgehead atoms. The molecule has 3 aromatic rings. The van der Waals surface area contributed by atoms with Crippen LogP contribution in [0.25, 0.3) is 0 Å². The quantitative estimate of drug-likeness (QED) is 0.604. The lowest BCUT2D eigenvalue weighted by Crippen LogP contribution is -2.12. The first-order chi connectivity index (χ1) is 13.2. The lowest BCUT2D eigenvalue weighted by atomic mass is 10.3. The third kappa shape index (κ3) is 5.10. The summed E-state index contributed by atoms with van der Waals surface area (Å²) in [7, 11) is 0. The Balaban J connectivity index is 1.61. The minimum atomic E-state index is -0.379. The maximum atomic E-state index is 12.9. The fourth-order valence-corrected chi connectivity index (χ4v) is 2.35. The molecule has 0 saturated carbocycles. The van der Waals surface area contributed by atoms with Crippen molar-refractivity contribution in [1.82, 2.24) is 0 Å². The molecule has 1 heterocycles. The highest BCUT2D eigenvalue weighted by molar-refractivity contribution is 6.03. The number of para-hydroxylation sites is 2. The first-order valence-electron chi connectivity index (χ1n) is 8.66. The molecule has 0 aliphatic heterocycles. The molecule has 0 spiro atoms. The van der Waals surface area contributed by atoms with Crippen LogP contribution in [0.2, 0.25) is 0 Å². The van der Waals surface area contributed by atoms with Crippen LogP contribution in [-0.4, -0.2) is 12.5 Å². The number of anilines is 1. The van der Waals surface area contributed by atoms with E-state index in [1.807, 2.05) is 19.1 Å². The highest BCUT2D eigenvalue weighted by Gasteiger charge is 2.14. The molecule has 6 heteroatoms. The smallest absolute Gasteiger partial charge is 0.291 e. The second-order valence-electron chi connectivity index (χ2n) is 5.81. The third-order valence-electron chi connectivity index (χ3n) is 3.68. The van der Waals surface area contributed by atoms with E-state index in [2.05, 4.69) is 5.32 Å². The number of carbonyl (C=O) groups is 1. The number of ether oxygens (including phenoxy) is 2. The Bertz CT molecular complexity index is 889. The first kappa shape index (κ1) is 18.5. The summed E-state index contributed by atoms with van der Waals surface area (Å²) in [6.45, 7) is 2.72. The minimum Gasteiger partial charge on any atom is -0.491 e. The summed E-state index contributed by atoms with van der Waals surface area (Å²) in [6.07, 6.45) is 0.873. The van der Waals surface area contributed by atoms with Crippen LogP contribution in [0.1, 0.15) is 29.7 Å². The molecule has 3 rings (SSSR count). The minimum absolute atomic E-state index is 0.134. The van der Waals surface area contributed by atoms with Gasteiger partial charge in [0.05, 0.1) is 12.3 Å². The van der Waals surface area contributed by atoms with Gasteiger partial charge >= 0.3 is 0 Å². The molecule has 1 amide bonds. The molecule has 0 atom stereocenters. The molecule has 5 nitrogen and oxygen atoms in total. The van der Waals surface area contributed by atoms with E-state index in [1.54, 1.807) is 24.3 Å². The summed E-state index contributed by atoms with van der Waals surface area (Å²) in [5.41, 5.74) is 0.580. The molecule has 0 aliphatic carbocycles. The number of amides is 1. The third-order valence-corrected chi connectivity index (χ3v) is 3.68. The average Bonchev–Trinajstić information content (AvgIpc) is 3.16. The molecule has 140 valence electrons. The van der Waals surface area contributed by atoms with E-state index >= 15 is 0 Å². The van der Waals surface area contributed by atoms with Crippen LogP contribution in [0.3, 0.4) is 0 Å². The predicted octanol–water partition coefficient (Wildman–Crippen LogP) is 5.04. The number of furan rings is 1. The molecule has 0 fully saturated rings. The van der Waals surface area contributed by atoms with Gasteiger partial charge in [0.1, 0.15) is 29.7 Å². The van der Waals surface area contributed by atoms with Crippen molar-refractivity contribution in [3.05, 3.63) is 78.0 Å². The molecule has 2 aromatic carbocycles. The van der Waals surface area contributed by atoms with Crippen LogP contribution in [0.4, 0.5) is 10.1 Å². The van der Waals surface area contributed by atoms with Crippen LogP contribution < -0.4 is 14.8 Å². The van der Waals surface area contributed by atoms with Crippen LogP contribution in [0.5, 0.6) is 11.5 Å². The van der Waals surface area contributed by atoms with Crippen LogP contribution in [0, 0.1) is 5.82 Å². The summed E-state index contributed by atoms with van der Waals surface area (Å²) in [5.74, 6) is 1.07. The Morgan fingerprint density at radius 3 is 2.59 bits per heavy atom. The van der Waals surface area contributed by atoms with Gasteiger partial charge in [0.25, 0.3) is 5.91 Å². The SMILES string of the molecule is CCCOc1ccccc1NC(=O)c1ccc(COc2ccc(F)cc2)o1. The van der Waals surface area contributed by atoms with Crippen LogP contribution in [-0.2, 0) is 6.61 Å². The topological polar surface area (TPSA) is 60.7 Å². The molecular weight excluding hydrogens is 349 g/mol. The molecular formula is C21H20FNO4. The summed E-state index contributed by atoms with van der Waals surface area (Å²) < 4.78 is 29.6. The standard InChI is InChI=1S/C21H20FNO4/c1-2-13-25-19-6-4-3-5-18(19)23-21(24)20-12-11-17(27-20)14-26-16-9-7-15(22)8-10-16/h3-12H,2,13-14H2,1H3,(H,23,24). The zero-order valence-corrected chi connectivity index (χ0v) is 14.9. The number of halogens is 1. The Morgan fingerprint density at radius 1 is 1.04 bits per heavy atom. The summed E-state index contributed by atoms with van der Waals surface area (Å²) >= 11 is 0. The van der Waals surface area contributed by atoms with Gasteiger partial charge in [-0.3, -0.25) is 4.79 Å². The van der Waals surface area contributed by atoms with Crippen molar-refractivity contribution in [2.45, 2.75) is 20.0 Å². The molecule has 0 unspecified atom stereocenters. The van der Waals surface area contributed by atoms with Crippen LogP contribution in [0.15, 0.2) is 65.1 Å². The van der Waals surface area contributed by atoms with Crippen molar-refractivity contribution in [2.75, 3.05) is 11.9 Å². The Kier molecular flexibility index (Phi) is 6.10. The van der Waals surface area contributed by atoms with E-state index in [-0.39, 0.29) is 24.1 Å². The number of benzene rings is 2. The Labute approximate surface area is 156 Å². The molecule has 1 N–H and O–H groups in total. The Morgan fingerprint density at radius 2 is 1.81 bits per heavy atom. The monoisotopic (exact) mass is 369 g/mol. The molecule has 0 saturated heterocycles. The molecule has 0 radical (unpaired) electrons. The molecule has 1 aromatic heterocycles. The maximum Gasteiger partial charge on any atom is 0.291 e. The van der Waals surface area contributed by atoms with Gasteiger partial charge in [-0.05, 0) is 55.0 Å². The van der Waals surface area contributed by atoms with E-state index in [0.717, 1.165) is 6.42 Å². The zero-order valence-electron chi connectivity index (χ0n) is 14.9. The van der Waals surface area contributed by atoms with Crippen molar-refractivity contribution in [3.8, 4) is 11.5 Å². The van der Waals surface area contributed by atoms with Gasteiger partial charge in [0.2, 0.25) is 0 Å². The lowest BCUT2D eigenvalue weighted by molar-refractivity contribution is 0.0992. The van der Waals surface area contributed by atoms with Crippen molar-refractivity contribution in [2.24, 2.45) is 0 Å². The lowest BCUT2D eigenvalue weighted by Gasteiger charge is -2.11. The second kappa shape index (κ2) is 8.89. The molecule has 0 aliphatic rings. The van der Waals surface area contributed by atoms with Gasteiger partial charge in [-0.25, -0.2) is 4.39 Å². The fraction of sp³-hybridized carbons (Fsp3) is 0.190. The normalized spacial score (nSPS) is 10.4. The van der Waals surface area contributed by atoms with Gasteiger partial charge in [-0.15, -0.1) is 0 Å². The highest BCUT2D eigenvalue weighted by atomic mass is 19.1. The number of nitrogens with one attached hydrogen (secondary N) is 1. The van der Waals surface area contributed by atoms with Crippen LogP contribution >= 0.6 is 0 Å².